The van der Waals surface area contributed by atoms with Gasteiger partial charge in [-0.05, 0) is 43.2 Å². The maximum Gasteiger partial charge on any atom is 0.191 e. The highest BCUT2D eigenvalue weighted by atomic mass is 127. The van der Waals surface area contributed by atoms with Crippen LogP contribution in [-0.2, 0) is 13.1 Å². The molecule has 0 bridgehead atoms. The Kier molecular flexibility index (Phi) is 9.83. The summed E-state index contributed by atoms with van der Waals surface area (Å²) < 4.78 is 12.5. The maximum atomic E-state index is 5.46. The molecular weight excluding hydrogens is 507 g/mol. The molecule has 31 heavy (non-hydrogen) atoms. The third-order valence-electron chi connectivity index (χ3n) is 5.05. The molecule has 0 aliphatic rings. The first-order chi connectivity index (χ1) is 14.7. The first kappa shape index (κ1) is 24.7. The summed E-state index contributed by atoms with van der Waals surface area (Å²) in [6, 6.07) is 11.8. The second kappa shape index (κ2) is 12.3. The van der Waals surface area contributed by atoms with Gasteiger partial charge in [0.2, 0.25) is 0 Å². The minimum atomic E-state index is 0. The number of rotatable bonds is 9. The van der Waals surface area contributed by atoms with Gasteiger partial charge in [0.25, 0.3) is 0 Å². The molecule has 0 saturated carbocycles. The van der Waals surface area contributed by atoms with E-state index in [0.29, 0.717) is 25.0 Å². The Bertz CT molecular complexity index is 947. The number of benzene rings is 1. The van der Waals surface area contributed by atoms with Crippen LogP contribution < -0.4 is 15.4 Å². The second-order valence-corrected chi connectivity index (χ2v) is 6.96. The number of halogens is 1. The van der Waals surface area contributed by atoms with E-state index in [1.807, 2.05) is 47.3 Å². The minimum Gasteiger partial charge on any atom is -0.497 e. The lowest BCUT2D eigenvalue weighted by Gasteiger charge is -2.09. The number of hydrogen-bond donors (Lipinski definition) is 2. The minimum absolute atomic E-state index is 0. The third-order valence-corrected chi connectivity index (χ3v) is 5.05. The number of methoxy groups -OCH3 is 1. The first-order valence-electron chi connectivity index (χ1n) is 10.3. The molecule has 168 valence electrons. The average molecular weight is 538 g/mol. The van der Waals surface area contributed by atoms with Gasteiger partial charge in [-0.15, -0.1) is 24.0 Å². The van der Waals surface area contributed by atoms with E-state index in [4.69, 9.17) is 9.26 Å². The molecule has 0 unspecified atom stereocenters. The second-order valence-electron chi connectivity index (χ2n) is 6.96. The summed E-state index contributed by atoms with van der Waals surface area (Å²) in [5.41, 5.74) is 2.90. The van der Waals surface area contributed by atoms with Crippen LogP contribution in [0.15, 0.2) is 52.1 Å². The molecule has 0 saturated heterocycles. The first-order valence-corrected chi connectivity index (χ1v) is 10.3. The van der Waals surface area contributed by atoms with Crippen LogP contribution in [0.3, 0.4) is 0 Å². The van der Waals surface area contributed by atoms with Crippen molar-refractivity contribution in [2.75, 3.05) is 14.2 Å². The molecule has 3 rings (SSSR count). The van der Waals surface area contributed by atoms with Crippen molar-refractivity contribution < 1.29 is 9.26 Å². The number of nitrogens with one attached hydrogen (secondary N) is 2. The van der Waals surface area contributed by atoms with Crippen LogP contribution in [0.5, 0.6) is 5.75 Å². The van der Waals surface area contributed by atoms with E-state index >= 15 is 0 Å². The van der Waals surface area contributed by atoms with E-state index in [1.165, 1.54) is 0 Å². The number of hydrogen-bond acceptors (Lipinski definition) is 5. The molecule has 0 spiro atoms. The van der Waals surface area contributed by atoms with E-state index < -0.39 is 0 Å². The highest BCUT2D eigenvalue weighted by Crippen LogP contribution is 2.22. The van der Waals surface area contributed by atoms with Crippen molar-refractivity contribution in [2.45, 2.75) is 45.7 Å². The summed E-state index contributed by atoms with van der Waals surface area (Å²) in [5.74, 6) is 2.74. The molecule has 9 heteroatoms. The smallest absolute Gasteiger partial charge is 0.191 e. The van der Waals surface area contributed by atoms with Gasteiger partial charge in [0.15, 0.2) is 11.7 Å². The Balaban J connectivity index is 0.00000341. The quantitative estimate of drug-likeness (QED) is 0.241. The lowest BCUT2D eigenvalue weighted by molar-refractivity contribution is 0.368. The molecule has 0 atom stereocenters. The Morgan fingerprint density at radius 2 is 1.84 bits per heavy atom. The van der Waals surface area contributed by atoms with Gasteiger partial charge >= 0.3 is 0 Å². The molecule has 0 radical (unpaired) electrons. The zero-order valence-electron chi connectivity index (χ0n) is 18.5. The van der Waals surface area contributed by atoms with Crippen LogP contribution in [0.4, 0.5) is 0 Å². The van der Waals surface area contributed by atoms with Crippen LogP contribution in [0.2, 0.25) is 0 Å². The zero-order valence-corrected chi connectivity index (χ0v) is 20.8. The number of aliphatic imine (C=N–C) groups is 1. The molecule has 1 aromatic carbocycles. The Labute approximate surface area is 200 Å². The van der Waals surface area contributed by atoms with Crippen molar-refractivity contribution >= 4 is 29.9 Å². The average Bonchev–Trinajstić information content (AvgIpc) is 3.45. The molecule has 0 fully saturated rings. The van der Waals surface area contributed by atoms with Crippen LogP contribution in [0, 0.1) is 0 Å². The summed E-state index contributed by atoms with van der Waals surface area (Å²) in [6.45, 7) is 5.41. The molecule has 0 amide bonds. The lowest BCUT2D eigenvalue weighted by Crippen LogP contribution is -2.36. The molecule has 2 aromatic heterocycles. The van der Waals surface area contributed by atoms with Crippen LogP contribution in [-0.4, -0.2) is 35.1 Å². The van der Waals surface area contributed by atoms with Crippen LogP contribution >= 0.6 is 24.0 Å². The number of ether oxygens (including phenoxy) is 1. The Hall–Kier alpha value is -2.56. The number of aromatic nitrogens is 3. The third kappa shape index (κ3) is 6.71. The number of guanidine groups is 1. The molecular formula is C22H31IN6O2. The molecule has 2 heterocycles. The van der Waals surface area contributed by atoms with Gasteiger partial charge in [0, 0.05) is 25.2 Å². The van der Waals surface area contributed by atoms with Gasteiger partial charge in [0.05, 0.1) is 37.3 Å². The molecule has 0 aliphatic carbocycles. The van der Waals surface area contributed by atoms with Crippen molar-refractivity contribution in [1.82, 2.24) is 25.6 Å². The highest BCUT2D eigenvalue weighted by Gasteiger charge is 2.13. The maximum absolute atomic E-state index is 5.46. The summed E-state index contributed by atoms with van der Waals surface area (Å²) in [7, 11) is 3.39. The van der Waals surface area contributed by atoms with Gasteiger partial charge < -0.3 is 19.9 Å². The zero-order chi connectivity index (χ0) is 21.3. The van der Waals surface area contributed by atoms with Crippen molar-refractivity contribution in [2.24, 2.45) is 4.99 Å². The summed E-state index contributed by atoms with van der Waals surface area (Å²) >= 11 is 0. The van der Waals surface area contributed by atoms with Crippen LogP contribution in [0.1, 0.15) is 49.8 Å². The van der Waals surface area contributed by atoms with E-state index in [0.717, 1.165) is 41.4 Å². The van der Waals surface area contributed by atoms with Gasteiger partial charge in [-0.2, -0.15) is 5.10 Å². The van der Waals surface area contributed by atoms with Crippen molar-refractivity contribution in [3.63, 3.8) is 0 Å². The van der Waals surface area contributed by atoms with Crippen LogP contribution in [0.25, 0.3) is 5.69 Å². The Morgan fingerprint density at radius 3 is 2.48 bits per heavy atom. The highest BCUT2D eigenvalue weighted by molar-refractivity contribution is 14.0. The topological polar surface area (TPSA) is 89.5 Å². The molecule has 8 nitrogen and oxygen atoms in total. The molecule has 2 N–H and O–H groups in total. The molecule has 3 aromatic rings. The van der Waals surface area contributed by atoms with Crippen molar-refractivity contribution in [3.05, 3.63) is 59.7 Å². The van der Waals surface area contributed by atoms with E-state index in [9.17, 15) is 0 Å². The largest absolute Gasteiger partial charge is 0.497 e. The van der Waals surface area contributed by atoms with E-state index in [-0.39, 0.29) is 24.0 Å². The van der Waals surface area contributed by atoms with Gasteiger partial charge in [-0.25, -0.2) is 4.68 Å². The number of nitrogens with zero attached hydrogens (tertiary/aromatic N) is 4. The predicted octanol–water partition coefficient (Wildman–Crippen LogP) is 4.26. The summed E-state index contributed by atoms with van der Waals surface area (Å²) in [4.78, 5) is 4.26. The lowest BCUT2D eigenvalue weighted by atomic mass is 9.99. The fraction of sp³-hybridized carbons (Fsp3) is 0.409. The fourth-order valence-corrected chi connectivity index (χ4v) is 3.21. The van der Waals surface area contributed by atoms with Crippen molar-refractivity contribution in [1.29, 1.82) is 0 Å². The summed E-state index contributed by atoms with van der Waals surface area (Å²) in [5, 5.41) is 15.3. The fourth-order valence-electron chi connectivity index (χ4n) is 3.21. The normalized spacial score (nSPS) is 11.3. The predicted molar refractivity (Wildman–Crippen MR) is 132 cm³/mol. The van der Waals surface area contributed by atoms with Crippen molar-refractivity contribution in [3.8, 4) is 11.4 Å². The SMILES string of the molecule is CCC(CC)c1cc(CNC(=NC)NCc2ccn(-c3ccc(OC)cc3)n2)on1.I. The van der Waals surface area contributed by atoms with E-state index in [2.05, 4.69) is 39.7 Å². The van der Waals surface area contributed by atoms with Gasteiger partial charge in [-0.1, -0.05) is 19.0 Å². The standard InChI is InChI=1S/C22H30N6O2.HI/c1-5-16(6-2)21-13-20(30-27-21)15-25-22(23-3)24-14-17-11-12-28(26-17)18-7-9-19(29-4)10-8-18;/h7-13,16H,5-6,14-15H2,1-4H3,(H2,23,24,25);1H. The monoisotopic (exact) mass is 538 g/mol. The van der Waals surface area contributed by atoms with Gasteiger partial charge in [-0.3, -0.25) is 4.99 Å². The van der Waals surface area contributed by atoms with Gasteiger partial charge in [0.1, 0.15) is 5.75 Å². The van der Waals surface area contributed by atoms with E-state index in [1.54, 1.807) is 14.2 Å². The summed E-state index contributed by atoms with van der Waals surface area (Å²) in [6.07, 6.45) is 4.05. The molecule has 0 aliphatic heterocycles. The Morgan fingerprint density at radius 1 is 1.13 bits per heavy atom.